The van der Waals surface area contributed by atoms with E-state index in [1.807, 2.05) is 0 Å². The van der Waals surface area contributed by atoms with Crippen molar-refractivity contribution in [3.05, 3.63) is 29.0 Å². The van der Waals surface area contributed by atoms with E-state index in [0.29, 0.717) is 36.9 Å². The highest BCUT2D eigenvalue weighted by Crippen LogP contribution is 2.04. The number of nitrogens with zero attached hydrogens (tertiary/aromatic N) is 1. The zero-order chi connectivity index (χ0) is 12.5. The maximum atomic E-state index is 11.6. The summed E-state index contributed by atoms with van der Waals surface area (Å²) in [6.45, 7) is 1.38. The Morgan fingerprint density at radius 2 is 2.29 bits per heavy atom. The molecule has 0 saturated carbocycles. The molecule has 1 aromatic heterocycles. The lowest BCUT2D eigenvalue weighted by molar-refractivity contribution is 0.0867. The molecule has 1 heterocycles. The van der Waals surface area contributed by atoms with Gasteiger partial charge < -0.3 is 15.2 Å². The first-order chi connectivity index (χ1) is 8.24. The maximum Gasteiger partial charge on any atom is 0.252 e. The first kappa shape index (κ1) is 13.9. The topological polar surface area (TPSA) is 71.5 Å². The fourth-order valence-electron chi connectivity index (χ4n) is 1.15. The monoisotopic (exact) mass is 258 g/mol. The van der Waals surface area contributed by atoms with E-state index in [4.69, 9.17) is 21.4 Å². The number of hydrogen-bond acceptors (Lipinski definition) is 4. The number of carbonyl (C=O) groups excluding carboxylic acids is 1. The molecule has 1 amide bonds. The molecule has 1 aromatic rings. The highest BCUT2D eigenvalue weighted by atomic mass is 35.5. The number of carbonyl (C=O) groups is 1. The lowest BCUT2D eigenvalue weighted by Gasteiger charge is -2.05. The van der Waals surface area contributed by atoms with Gasteiger partial charge in [0.2, 0.25) is 0 Å². The number of aromatic nitrogens is 1. The van der Waals surface area contributed by atoms with Crippen molar-refractivity contribution in [2.24, 2.45) is 0 Å². The maximum absolute atomic E-state index is 11.6. The summed E-state index contributed by atoms with van der Waals surface area (Å²) < 4.78 is 5.05. The summed E-state index contributed by atoms with van der Waals surface area (Å²) in [7, 11) is 0. The third-order valence-corrected chi connectivity index (χ3v) is 2.20. The molecule has 0 spiro atoms. The smallest absolute Gasteiger partial charge is 0.252 e. The molecule has 17 heavy (non-hydrogen) atoms. The summed E-state index contributed by atoms with van der Waals surface area (Å²) in [5.74, 6) is -0.184. The standard InChI is InChI=1S/C11H15ClN2O3/c12-10-3-2-9(8-14-10)11(16)13-4-1-6-17-7-5-15/h2-3,8,15H,1,4-7H2,(H,13,16). The van der Waals surface area contributed by atoms with E-state index in [2.05, 4.69) is 10.3 Å². The Bertz CT molecular complexity index is 343. The minimum absolute atomic E-state index is 0.0167. The number of rotatable bonds is 7. The summed E-state index contributed by atoms with van der Waals surface area (Å²) in [6.07, 6.45) is 2.13. The molecular formula is C11H15ClN2O3. The molecule has 5 nitrogen and oxygen atoms in total. The van der Waals surface area contributed by atoms with Crippen molar-refractivity contribution in [2.45, 2.75) is 6.42 Å². The zero-order valence-corrected chi connectivity index (χ0v) is 10.1. The molecule has 0 aliphatic heterocycles. The molecular weight excluding hydrogens is 244 g/mol. The third-order valence-electron chi connectivity index (χ3n) is 1.98. The van der Waals surface area contributed by atoms with E-state index < -0.39 is 0 Å². The molecule has 0 fully saturated rings. The molecule has 6 heteroatoms. The quantitative estimate of drug-likeness (QED) is 0.562. The van der Waals surface area contributed by atoms with E-state index in [1.165, 1.54) is 6.20 Å². The molecule has 2 N–H and O–H groups in total. The molecule has 94 valence electrons. The zero-order valence-electron chi connectivity index (χ0n) is 9.36. The fraction of sp³-hybridized carbons (Fsp3) is 0.455. The molecule has 0 aromatic carbocycles. The Hall–Kier alpha value is -1.17. The summed E-state index contributed by atoms with van der Waals surface area (Å²) in [4.78, 5) is 15.4. The van der Waals surface area contributed by atoms with Crippen LogP contribution in [0.15, 0.2) is 18.3 Å². The number of pyridine rings is 1. The van der Waals surface area contributed by atoms with Crippen molar-refractivity contribution in [3.8, 4) is 0 Å². The Labute approximate surface area is 105 Å². The van der Waals surface area contributed by atoms with Gasteiger partial charge in [-0.25, -0.2) is 4.98 Å². The van der Waals surface area contributed by atoms with Crippen molar-refractivity contribution >= 4 is 17.5 Å². The van der Waals surface area contributed by atoms with Gasteiger partial charge in [0.25, 0.3) is 5.91 Å². The predicted octanol–water partition coefficient (Wildman–Crippen LogP) is 0.864. The van der Waals surface area contributed by atoms with Gasteiger partial charge in [0, 0.05) is 19.3 Å². The highest BCUT2D eigenvalue weighted by Gasteiger charge is 2.04. The Morgan fingerprint density at radius 1 is 1.47 bits per heavy atom. The van der Waals surface area contributed by atoms with Crippen molar-refractivity contribution < 1.29 is 14.6 Å². The van der Waals surface area contributed by atoms with Gasteiger partial charge in [0.05, 0.1) is 18.8 Å². The summed E-state index contributed by atoms with van der Waals surface area (Å²) in [6, 6.07) is 3.19. The first-order valence-corrected chi connectivity index (χ1v) is 5.70. The second-order valence-electron chi connectivity index (χ2n) is 3.32. The third kappa shape index (κ3) is 5.63. The molecule has 0 radical (unpaired) electrons. The van der Waals surface area contributed by atoms with E-state index in [-0.39, 0.29) is 12.5 Å². The normalized spacial score (nSPS) is 10.2. The Morgan fingerprint density at radius 3 is 2.94 bits per heavy atom. The Balaban J connectivity index is 2.19. The van der Waals surface area contributed by atoms with Gasteiger partial charge in [-0.05, 0) is 18.6 Å². The van der Waals surface area contributed by atoms with Crippen LogP contribution in [0.4, 0.5) is 0 Å². The minimum Gasteiger partial charge on any atom is -0.394 e. The average Bonchev–Trinajstić information content (AvgIpc) is 2.34. The van der Waals surface area contributed by atoms with Crippen molar-refractivity contribution in [2.75, 3.05) is 26.4 Å². The number of aliphatic hydroxyl groups excluding tert-OH is 1. The van der Waals surface area contributed by atoms with Gasteiger partial charge in [0.1, 0.15) is 5.15 Å². The van der Waals surface area contributed by atoms with Crippen LogP contribution in [0.1, 0.15) is 16.8 Å². The Kier molecular flexibility index (Phi) is 6.54. The van der Waals surface area contributed by atoms with Crippen LogP contribution in [0.2, 0.25) is 5.15 Å². The van der Waals surface area contributed by atoms with Crippen molar-refractivity contribution in [1.29, 1.82) is 0 Å². The second kappa shape index (κ2) is 8.00. The first-order valence-electron chi connectivity index (χ1n) is 5.32. The van der Waals surface area contributed by atoms with E-state index in [9.17, 15) is 4.79 Å². The molecule has 1 rings (SSSR count). The van der Waals surface area contributed by atoms with Gasteiger partial charge in [-0.2, -0.15) is 0 Å². The van der Waals surface area contributed by atoms with Crippen LogP contribution in [-0.4, -0.2) is 42.4 Å². The SMILES string of the molecule is O=C(NCCCOCCO)c1ccc(Cl)nc1. The van der Waals surface area contributed by atoms with Crippen LogP contribution >= 0.6 is 11.6 Å². The van der Waals surface area contributed by atoms with E-state index >= 15 is 0 Å². The molecule has 0 saturated heterocycles. The van der Waals surface area contributed by atoms with Gasteiger partial charge in [-0.1, -0.05) is 11.6 Å². The summed E-state index contributed by atoms with van der Waals surface area (Å²) in [5, 5.41) is 11.6. The van der Waals surface area contributed by atoms with Gasteiger partial charge in [0.15, 0.2) is 0 Å². The molecule has 0 atom stereocenters. The number of halogens is 1. The summed E-state index contributed by atoms with van der Waals surface area (Å²) >= 11 is 5.61. The van der Waals surface area contributed by atoms with Crippen LogP contribution in [0.3, 0.4) is 0 Å². The van der Waals surface area contributed by atoms with Crippen LogP contribution in [0, 0.1) is 0 Å². The van der Waals surface area contributed by atoms with Crippen LogP contribution in [0.5, 0.6) is 0 Å². The number of aliphatic hydroxyl groups is 1. The number of amides is 1. The lowest BCUT2D eigenvalue weighted by atomic mass is 10.2. The van der Waals surface area contributed by atoms with E-state index in [1.54, 1.807) is 12.1 Å². The van der Waals surface area contributed by atoms with Gasteiger partial charge >= 0.3 is 0 Å². The minimum atomic E-state index is -0.184. The highest BCUT2D eigenvalue weighted by molar-refractivity contribution is 6.29. The van der Waals surface area contributed by atoms with Crippen molar-refractivity contribution in [1.82, 2.24) is 10.3 Å². The predicted molar refractivity (Wildman–Crippen MR) is 64.1 cm³/mol. The number of hydrogen-bond donors (Lipinski definition) is 2. The van der Waals surface area contributed by atoms with Crippen LogP contribution in [0.25, 0.3) is 0 Å². The molecule has 0 aliphatic carbocycles. The average molecular weight is 259 g/mol. The van der Waals surface area contributed by atoms with Gasteiger partial charge in [-0.3, -0.25) is 4.79 Å². The lowest BCUT2D eigenvalue weighted by Crippen LogP contribution is -2.25. The van der Waals surface area contributed by atoms with Crippen molar-refractivity contribution in [3.63, 3.8) is 0 Å². The molecule has 0 aliphatic rings. The number of ether oxygens (including phenoxy) is 1. The van der Waals surface area contributed by atoms with Crippen LogP contribution in [-0.2, 0) is 4.74 Å². The fourth-order valence-corrected chi connectivity index (χ4v) is 1.27. The largest absolute Gasteiger partial charge is 0.394 e. The molecule has 0 bridgehead atoms. The molecule has 0 unspecified atom stereocenters. The van der Waals surface area contributed by atoms with E-state index in [0.717, 1.165) is 0 Å². The van der Waals surface area contributed by atoms with Crippen LogP contribution < -0.4 is 5.32 Å². The number of nitrogens with one attached hydrogen (secondary N) is 1. The summed E-state index contributed by atoms with van der Waals surface area (Å²) in [5.41, 5.74) is 0.477. The van der Waals surface area contributed by atoms with Gasteiger partial charge in [-0.15, -0.1) is 0 Å². The second-order valence-corrected chi connectivity index (χ2v) is 3.70.